The predicted octanol–water partition coefficient (Wildman–Crippen LogP) is 2.73. The predicted molar refractivity (Wildman–Crippen MR) is 73.5 cm³/mol. The quantitative estimate of drug-likeness (QED) is 0.854. The Kier molecular flexibility index (Phi) is 4.52. The lowest BCUT2D eigenvalue weighted by atomic mass is 10.1. The first-order chi connectivity index (χ1) is 10.0. The van der Waals surface area contributed by atoms with Gasteiger partial charge in [-0.05, 0) is 18.2 Å². The second-order valence-electron chi connectivity index (χ2n) is 4.76. The molecule has 1 aromatic heterocycles. The third-order valence-electron chi connectivity index (χ3n) is 2.86. The Bertz CT molecular complexity index is 640. The van der Waals surface area contributed by atoms with Gasteiger partial charge < -0.3 is 14.6 Å². The lowest BCUT2D eigenvalue weighted by Gasteiger charge is -2.06. The molecule has 21 heavy (non-hydrogen) atoms. The largest absolute Gasteiger partial charge is 0.465 e. The first kappa shape index (κ1) is 15.0. The molecule has 6 nitrogen and oxygen atoms in total. The van der Waals surface area contributed by atoms with Crippen molar-refractivity contribution in [1.29, 1.82) is 0 Å². The summed E-state index contributed by atoms with van der Waals surface area (Å²) in [6.07, 6.45) is 0. The minimum atomic E-state index is -0.517. The number of benzene rings is 1. The van der Waals surface area contributed by atoms with E-state index in [1.807, 2.05) is 13.8 Å². The van der Waals surface area contributed by atoms with E-state index in [1.165, 1.54) is 25.3 Å². The summed E-state index contributed by atoms with van der Waals surface area (Å²) in [4.78, 5) is 15.5. The maximum Gasteiger partial charge on any atom is 0.337 e. The Hall–Kier alpha value is -2.44. The fraction of sp³-hybridized carbons (Fsp3) is 0.357. The van der Waals surface area contributed by atoms with E-state index in [1.54, 1.807) is 0 Å². The molecule has 0 spiro atoms. The van der Waals surface area contributed by atoms with Crippen LogP contribution in [0.25, 0.3) is 0 Å². The molecule has 0 saturated heterocycles. The Labute approximate surface area is 121 Å². The first-order valence-corrected chi connectivity index (χ1v) is 6.45. The van der Waals surface area contributed by atoms with Crippen LogP contribution in [0.5, 0.6) is 0 Å². The Morgan fingerprint density at radius 1 is 1.48 bits per heavy atom. The Morgan fingerprint density at radius 2 is 2.24 bits per heavy atom. The molecule has 0 amide bonds. The molecule has 0 unspecified atom stereocenters. The fourth-order valence-electron chi connectivity index (χ4n) is 1.67. The van der Waals surface area contributed by atoms with Gasteiger partial charge >= 0.3 is 12.0 Å². The summed E-state index contributed by atoms with van der Waals surface area (Å²) < 4.78 is 23.3. The fourth-order valence-corrected chi connectivity index (χ4v) is 1.67. The van der Waals surface area contributed by atoms with Crippen molar-refractivity contribution in [2.45, 2.75) is 26.3 Å². The zero-order chi connectivity index (χ0) is 15.4. The number of carbonyl (C=O) groups is 1. The van der Waals surface area contributed by atoms with Crippen LogP contribution in [0, 0.1) is 5.82 Å². The van der Waals surface area contributed by atoms with Gasteiger partial charge in [-0.3, -0.25) is 0 Å². The molecule has 1 aromatic carbocycles. The third kappa shape index (κ3) is 3.56. The number of halogens is 1. The van der Waals surface area contributed by atoms with Gasteiger partial charge in [-0.1, -0.05) is 19.0 Å². The van der Waals surface area contributed by atoms with Gasteiger partial charge in [0.2, 0.25) is 0 Å². The zero-order valence-electron chi connectivity index (χ0n) is 12.0. The second kappa shape index (κ2) is 6.34. The van der Waals surface area contributed by atoms with Gasteiger partial charge in [-0.25, -0.2) is 9.18 Å². The van der Waals surface area contributed by atoms with Crippen LogP contribution in [0.2, 0.25) is 0 Å². The van der Waals surface area contributed by atoms with Crippen LogP contribution in [-0.4, -0.2) is 23.2 Å². The number of aromatic nitrogens is 2. The van der Waals surface area contributed by atoms with E-state index >= 15 is 0 Å². The van der Waals surface area contributed by atoms with E-state index in [9.17, 15) is 9.18 Å². The Morgan fingerprint density at radius 3 is 2.86 bits per heavy atom. The number of nitrogens with one attached hydrogen (secondary N) is 1. The summed E-state index contributed by atoms with van der Waals surface area (Å²) in [5.41, 5.74) is 0.589. The maximum atomic E-state index is 13.7. The molecule has 7 heteroatoms. The molecule has 112 valence electrons. The highest BCUT2D eigenvalue weighted by molar-refractivity contribution is 5.89. The van der Waals surface area contributed by atoms with Crippen molar-refractivity contribution < 1.29 is 18.4 Å². The van der Waals surface area contributed by atoms with Crippen molar-refractivity contribution in [3.63, 3.8) is 0 Å². The van der Waals surface area contributed by atoms with Gasteiger partial charge in [0.05, 0.1) is 12.7 Å². The summed E-state index contributed by atoms with van der Waals surface area (Å²) in [5, 5.41) is 6.62. The topological polar surface area (TPSA) is 77.2 Å². The normalized spacial score (nSPS) is 10.7. The number of anilines is 1. The highest BCUT2D eigenvalue weighted by atomic mass is 19.1. The smallest absolute Gasteiger partial charge is 0.337 e. The number of ether oxygens (including phenoxy) is 1. The highest BCUT2D eigenvalue weighted by Crippen LogP contribution is 2.16. The number of esters is 1. The van der Waals surface area contributed by atoms with Crippen molar-refractivity contribution in [2.24, 2.45) is 0 Å². The molecule has 0 saturated carbocycles. The molecule has 2 aromatic rings. The maximum absolute atomic E-state index is 13.7. The van der Waals surface area contributed by atoms with Gasteiger partial charge in [-0.2, -0.15) is 4.98 Å². The molecule has 1 N–H and O–H groups in total. The van der Waals surface area contributed by atoms with Gasteiger partial charge in [0.15, 0.2) is 5.82 Å². The number of methoxy groups -OCH3 is 1. The average Bonchev–Trinajstić information content (AvgIpc) is 2.94. The molecule has 0 aliphatic carbocycles. The van der Waals surface area contributed by atoms with Crippen molar-refractivity contribution in [3.05, 3.63) is 41.0 Å². The molecule has 1 heterocycles. The van der Waals surface area contributed by atoms with E-state index in [-0.39, 0.29) is 24.0 Å². The van der Waals surface area contributed by atoms with E-state index in [0.717, 1.165) is 0 Å². The minimum Gasteiger partial charge on any atom is -0.465 e. The van der Waals surface area contributed by atoms with Crippen molar-refractivity contribution in [3.8, 4) is 0 Å². The van der Waals surface area contributed by atoms with Gasteiger partial charge in [0, 0.05) is 18.0 Å². The molecular weight excluding hydrogens is 277 g/mol. The molecule has 0 bridgehead atoms. The van der Waals surface area contributed by atoms with E-state index in [0.29, 0.717) is 11.4 Å². The lowest BCUT2D eigenvalue weighted by molar-refractivity contribution is 0.0600. The second-order valence-corrected chi connectivity index (χ2v) is 4.76. The average molecular weight is 293 g/mol. The number of hydrogen-bond acceptors (Lipinski definition) is 6. The summed E-state index contributed by atoms with van der Waals surface area (Å²) in [5.74, 6) is -0.236. The summed E-state index contributed by atoms with van der Waals surface area (Å²) >= 11 is 0. The molecule has 0 atom stereocenters. The molecule has 0 aliphatic rings. The summed E-state index contributed by atoms with van der Waals surface area (Å²) in [7, 11) is 1.27. The summed E-state index contributed by atoms with van der Waals surface area (Å²) in [6, 6.07) is 4.22. The third-order valence-corrected chi connectivity index (χ3v) is 2.86. The minimum absolute atomic E-state index is 0.121. The number of carbonyl (C=O) groups excluding carboxylic acids is 1. The molecule has 0 fully saturated rings. The van der Waals surface area contributed by atoms with Gasteiger partial charge in [0.1, 0.15) is 5.82 Å². The molecule has 2 rings (SSSR count). The summed E-state index contributed by atoms with van der Waals surface area (Å²) in [6.45, 7) is 4.00. The molecular formula is C14H16FN3O3. The number of hydrogen-bond donors (Lipinski definition) is 1. The first-order valence-electron chi connectivity index (χ1n) is 6.45. The highest BCUT2D eigenvalue weighted by Gasteiger charge is 2.12. The van der Waals surface area contributed by atoms with Crippen LogP contribution in [0.4, 0.5) is 10.4 Å². The van der Waals surface area contributed by atoms with Gasteiger partial charge in [-0.15, -0.1) is 0 Å². The zero-order valence-corrected chi connectivity index (χ0v) is 12.0. The SMILES string of the molecule is COC(=O)c1ccc(F)c(CNc2nc(C(C)C)no2)c1. The molecule has 0 radical (unpaired) electrons. The monoisotopic (exact) mass is 293 g/mol. The van der Waals surface area contributed by atoms with E-state index < -0.39 is 11.8 Å². The Balaban J connectivity index is 2.09. The van der Waals surface area contributed by atoms with Crippen LogP contribution in [0.3, 0.4) is 0 Å². The van der Waals surface area contributed by atoms with E-state index in [2.05, 4.69) is 20.2 Å². The van der Waals surface area contributed by atoms with Crippen LogP contribution in [0.15, 0.2) is 22.7 Å². The number of nitrogens with zero attached hydrogens (tertiary/aromatic N) is 2. The van der Waals surface area contributed by atoms with Crippen LogP contribution in [0.1, 0.15) is 41.5 Å². The van der Waals surface area contributed by atoms with Crippen LogP contribution < -0.4 is 5.32 Å². The lowest BCUT2D eigenvalue weighted by Crippen LogP contribution is -2.06. The number of rotatable bonds is 5. The van der Waals surface area contributed by atoms with Crippen molar-refractivity contribution >= 4 is 12.0 Å². The van der Waals surface area contributed by atoms with E-state index in [4.69, 9.17) is 4.52 Å². The molecule has 0 aliphatic heterocycles. The van der Waals surface area contributed by atoms with Crippen LogP contribution >= 0.6 is 0 Å². The van der Waals surface area contributed by atoms with Gasteiger partial charge in [0.25, 0.3) is 0 Å². The van der Waals surface area contributed by atoms with Crippen molar-refractivity contribution in [2.75, 3.05) is 12.4 Å². The van der Waals surface area contributed by atoms with Crippen molar-refractivity contribution in [1.82, 2.24) is 10.1 Å². The van der Waals surface area contributed by atoms with Crippen LogP contribution in [-0.2, 0) is 11.3 Å². The standard InChI is InChI=1S/C14H16FN3O3/c1-8(2)12-17-14(21-18-12)16-7-10-6-9(13(19)20-3)4-5-11(10)15/h4-6,8H,7H2,1-3H3,(H,16,17,18).